The maximum atomic E-state index is 5.79. The van der Waals surface area contributed by atoms with E-state index >= 15 is 0 Å². The van der Waals surface area contributed by atoms with Crippen molar-refractivity contribution in [1.29, 1.82) is 0 Å². The van der Waals surface area contributed by atoms with Gasteiger partial charge in [-0.2, -0.15) is 11.8 Å². The number of ether oxygens (including phenoxy) is 2. The van der Waals surface area contributed by atoms with Crippen LogP contribution in [0, 0.1) is 12.8 Å². The molecule has 1 heterocycles. The van der Waals surface area contributed by atoms with E-state index in [1.54, 1.807) is 0 Å². The van der Waals surface area contributed by atoms with Crippen LogP contribution >= 0.6 is 35.7 Å². The summed E-state index contributed by atoms with van der Waals surface area (Å²) in [6.07, 6.45) is 3.26. The Morgan fingerprint density at radius 3 is 2.61 bits per heavy atom. The second kappa shape index (κ2) is 16.3. The molecule has 0 saturated carbocycles. The van der Waals surface area contributed by atoms with Crippen LogP contribution in [0.2, 0.25) is 0 Å². The Labute approximate surface area is 191 Å². The zero-order chi connectivity index (χ0) is 19.2. The summed E-state index contributed by atoms with van der Waals surface area (Å²) < 4.78 is 11.2. The van der Waals surface area contributed by atoms with E-state index in [-0.39, 0.29) is 24.0 Å². The molecular formula is C21H36IN3O2S. The molecule has 1 aromatic carbocycles. The monoisotopic (exact) mass is 521 g/mol. The predicted molar refractivity (Wildman–Crippen MR) is 131 cm³/mol. The summed E-state index contributed by atoms with van der Waals surface area (Å²) in [5.74, 6) is 3.66. The molecule has 0 aliphatic carbocycles. The van der Waals surface area contributed by atoms with Gasteiger partial charge < -0.3 is 20.1 Å². The summed E-state index contributed by atoms with van der Waals surface area (Å²) in [7, 11) is 1.82. The zero-order valence-electron chi connectivity index (χ0n) is 17.2. The number of halogens is 1. The molecule has 0 radical (unpaired) electrons. The minimum atomic E-state index is 0. The molecule has 1 saturated heterocycles. The fraction of sp³-hybridized carbons (Fsp3) is 0.667. The third kappa shape index (κ3) is 11.5. The highest BCUT2D eigenvalue weighted by Gasteiger charge is 2.13. The number of benzene rings is 1. The quantitative estimate of drug-likeness (QED) is 0.201. The standard InChI is InChI=1S/C21H35N3O2S.HI/c1-18-4-6-20(7-5-18)17-27-15-11-24-21(22-2)23-10-3-12-26-16-19-8-13-25-14-9-19;/h4-7,19H,3,8-17H2,1-2H3,(H2,22,23,24);1H. The van der Waals surface area contributed by atoms with Crippen LogP contribution in [0.25, 0.3) is 0 Å². The van der Waals surface area contributed by atoms with Crippen molar-refractivity contribution < 1.29 is 9.47 Å². The summed E-state index contributed by atoms with van der Waals surface area (Å²) in [5.41, 5.74) is 2.70. The molecule has 0 amide bonds. The van der Waals surface area contributed by atoms with E-state index in [1.165, 1.54) is 11.1 Å². The highest BCUT2D eigenvalue weighted by atomic mass is 127. The van der Waals surface area contributed by atoms with E-state index in [1.807, 2.05) is 18.8 Å². The number of nitrogens with zero attached hydrogens (tertiary/aromatic N) is 1. The van der Waals surface area contributed by atoms with Gasteiger partial charge in [-0.1, -0.05) is 29.8 Å². The average Bonchev–Trinajstić information content (AvgIpc) is 2.71. The van der Waals surface area contributed by atoms with Crippen molar-refractivity contribution >= 4 is 41.7 Å². The van der Waals surface area contributed by atoms with Gasteiger partial charge in [-0.3, -0.25) is 4.99 Å². The van der Waals surface area contributed by atoms with Gasteiger partial charge in [0.15, 0.2) is 5.96 Å². The number of thioether (sulfide) groups is 1. The summed E-state index contributed by atoms with van der Waals surface area (Å²) in [6.45, 7) is 7.36. The van der Waals surface area contributed by atoms with Crippen LogP contribution in [0.5, 0.6) is 0 Å². The number of nitrogens with one attached hydrogen (secondary N) is 2. The molecule has 160 valence electrons. The van der Waals surface area contributed by atoms with Crippen LogP contribution in [-0.4, -0.2) is 58.3 Å². The maximum absolute atomic E-state index is 5.79. The molecule has 1 aromatic rings. The van der Waals surface area contributed by atoms with Crippen molar-refractivity contribution in [3.63, 3.8) is 0 Å². The molecule has 0 unspecified atom stereocenters. The van der Waals surface area contributed by atoms with Gasteiger partial charge in [0.1, 0.15) is 0 Å². The summed E-state index contributed by atoms with van der Waals surface area (Å²) >= 11 is 1.94. The van der Waals surface area contributed by atoms with Gasteiger partial charge in [-0.15, -0.1) is 24.0 Å². The summed E-state index contributed by atoms with van der Waals surface area (Å²) in [4.78, 5) is 4.28. The third-order valence-corrected chi connectivity index (χ3v) is 5.63. The summed E-state index contributed by atoms with van der Waals surface area (Å²) in [5, 5.41) is 6.72. The van der Waals surface area contributed by atoms with Crippen LogP contribution in [0.4, 0.5) is 0 Å². The van der Waals surface area contributed by atoms with E-state index in [9.17, 15) is 0 Å². The highest BCUT2D eigenvalue weighted by Crippen LogP contribution is 2.14. The lowest BCUT2D eigenvalue weighted by molar-refractivity contribution is 0.0203. The number of guanidine groups is 1. The molecular weight excluding hydrogens is 485 g/mol. The minimum Gasteiger partial charge on any atom is -0.381 e. The van der Waals surface area contributed by atoms with Gasteiger partial charge in [-0.05, 0) is 37.7 Å². The van der Waals surface area contributed by atoms with Crippen LogP contribution in [-0.2, 0) is 15.2 Å². The van der Waals surface area contributed by atoms with Crippen molar-refractivity contribution in [1.82, 2.24) is 10.6 Å². The molecule has 0 spiro atoms. The third-order valence-electron chi connectivity index (χ3n) is 4.60. The highest BCUT2D eigenvalue weighted by molar-refractivity contribution is 14.0. The number of hydrogen-bond acceptors (Lipinski definition) is 4. The molecule has 0 atom stereocenters. The molecule has 1 aliphatic rings. The smallest absolute Gasteiger partial charge is 0.191 e. The first kappa shape index (κ1) is 25.5. The second-order valence-electron chi connectivity index (χ2n) is 6.95. The first-order valence-electron chi connectivity index (χ1n) is 10.0. The molecule has 7 heteroatoms. The fourth-order valence-corrected chi connectivity index (χ4v) is 3.70. The van der Waals surface area contributed by atoms with Gasteiger partial charge in [0.25, 0.3) is 0 Å². The van der Waals surface area contributed by atoms with Crippen molar-refractivity contribution in [2.45, 2.75) is 31.9 Å². The molecule has 28 heavy (non-hydrogen) atoms. The maximum Gasteiger partial charge on any atom is 0.191 e. The van der Waals surface area contributed by atoms with Gasteiger partial charge in [0, 0.05) is 58.1 Å². The van der Waals surface area contributed by atoms with Crippen LogP contribution in [0.3, 0.4) is 0 Å². The number of aryl methyl sites for hydroxylation is 1. The van der Waals surface area contributed by atoms with E-state index in [2.05, 4.69) is 46.8 Å². The molecule has 0 bridgehead atoms. The van der Waals surface area contributed by atoms with Crippen LogP contribution in [0.15, 0.2) is 29.3 Å². The Morgan fingerprint density at radius 2 is 1.89 bits per heavy atom. The predicted octanol–water partition coefficient (Wildman–Crippen LogP) is 3.84. The fourth-order valence-electron chi connectivity index (χ4n) is 2.88. The number of aliphatic imine (C=N–C) groups is 1. The number of hydrogen-bond donors (Lipinski definition) is 2. The minimum absolute atomic E-state index is 0. The topological polar surface area (TPSA) is 54.9 Å². The Kier molecular flexibility index (Phi) is 14.9. The molecule has 5 nitrogen and oxygen atoms in total. The van der Waals surface area contributed by atoms with Crippen molar-refractivity contribution in [3.05, 3.63) is 35.4 Å². The lowest BCUT2D eigenvalue weighted by atomic mass is 10.0. The molecule has 2 rings (SSSR count). The Balaban J connectivity index is 0.00000392. The largest absolute Gasteiger partial charge is 0.381 e. The van der Waals surface area contributed by atoms with E-state index < -0.39 is 0 Å². The molecule has 1 aliphatic heterocycles. The van der Waals surface area contributed by atoms with Crippen LogP contribution in [0.1, 0.15) is 30.4 Å². The van der Waals surface area contributed by atoms with Crippen LogP contribution < -0.4 is 10.6 Å². The molecule has 1 fully saturated rings. The Hall–Kier alpha value is -0.510. The summed E-state index contributed by atoms with van der Waals surface area (Å²) in [6, 6.07) is 8.77. The van der Waals surface area contributed by atoms with Gasteiger partial charge in [-0.25, -0.2) is 0 Å². The first-order chi connectivity index (χ1) is 13.3. The normalized spacial score (nSPS) is 15.1. The van der Waals surface area contributed by atoms with Gasteiger partial charge >= 0.3 is 0 Å². The lowest BCUT2D eigenvalue weighted by Gasteiger charge is -2.21. The van der Waals surface area contributed by atoms with Crippen molar-refractivity contribution in [3.8, 4) is 0 Å². The lowest BCUT2D eigenvalue weighted by Crippen LogP contribution is -2.39. The Morgan fingerprint density at radius 1 is 1.18 bits per heavy atom. The van der Waals surface area contributed by atoms with Gasteiger partial charge in [0.2, 0.25) is 0 Å². The number of rotatable bonds is 11. The van der Waals surface area contributed by atoms with Crippen molar-refractivity contribution in [2.75, 3.05) is 52.3 Å². The van der Waals surface area contributed by atoms with E-state index in [4.69, 9.17) is 9.47 Å². The Bertz CT molecular complexity index is 537. The van der Waals surface area contributed by atoms with Gasteiger partial charge in [0.05, 0.1) is 0 Å². The first-order valence-corrected chi connectivity index (χ1v) is 11.2. The average molecular weight is 522 g/mol. The van der Waals surface area contributed by atoms with Crippen molar-refractivity contribution in [2.24, 2.45) is 10.9 Å². The molecule has 0 aromatic heterocycles. The second-order valence-corrected chi connectivity index (χ2v) is 8.05. The SMILES string of the molecule is CN=C(NCCCOCC1CCOCC1)NCCSCc1ccc(C)cc1.I. The zero-order valence-corrected chi connectivity index (χ0v) is 20.4. The van der Waals surface area contributed by atoms with E-state index in [0.717, 1.165) is 76.2 Å². The van der Waals surface area contributed by atoms with E-state index in [0.29, 0.717) is 5.92 Å². The molecule has 2 N–H and O–H groups in total.